The van der Waals surface area contributed by atoms with E-state index in [2.05, 4.69) is 39.9 Å². The van der Waals surface area contributed by atoms with E-state index in [0.29, 0.717) is 18.5 Å². The van der Waals surface area contributed by atoms with Crippen LogP contribution in [0.3, 0.4) is 0 Å². The quantitative estimate of drug-likeness (QED) is 0.706. The number of hydrogen-bond acceptors (Lipinski definition) is 5. The van der Waals surface area contributed by atoms with Crippen LogP contribution in [0.5, 0.6) is 0 Å². The lowest BCUT2D eigenvalue weighted by molar-refractivity contribution is 0.485. The number of hydrogen-bond donors (Lipinski definition) is 0. The molecule has 25 heavy (non-hydrogen) atoms. The zero-order chi connectivity index (χ0) is 17.4. The summed E-state index contributed by atoms with van der Waals surface area (Å²) in [6.07, 6.45) is 8.57. The normalized spacial score (nSPS) is 16.6. The van der Waals surface area contributed by atoms with E-state index in [1.807, 2.05) is 30.2 Å². The van der Waals surface area contributed by atoms with Crippen LogP contribution in [-0.2, 0) is 19.5 Å². The van der Waals surface area contributed by atoms with Crippen LogP contribution in [0.1, 0.15) is 38.0 Å². The number of thiazole rings is 1. The molecular formula is C18H22N6S. The zero-order valence-corrected chi connectivity index (χ0v) is 15.6. The van der Waals surface area contributed by atoms with Gasteiger partial charge in [-0.15, -0.1) is 11.3 Å². The third-order valence-corrected chi connectivity index (χ3v) is 5.46. The first kappa shape index (κ1) is 16.2. The average molecular weight is 354 g/mol. The molecule has 0 saturated carbocycles. The predicted octanol–water partition coefficient (Wildman–Crippen LogP) is 3.27. The maximum atomic E-state index is 4.96. The molecule has 4 heterocycles. The Balaban J connectivity index is 1.67. The van der Waals surface area contributed by atoms with Gasteiger partial charge in [0.05, 0.1) is 24.0 Å². The van der Waals surface area contributed by atoms with Crippen LogP contribution in [0.2, 0.25) is 0 Å². The van der Waals surface area contributed by atoms with Gasteiger partial charge in [-0.2, -0.15) is 0 Å². The molecule has 6 nitrogen and oxygen atoms in total. The minimum absolute atomic E-state index is 0.333. The highest BCUT2D eigenvalue weighted by molar-refractivity contribution is 7.13. The number of aromatic nitrogens is 5. The van der Waals surface area contributed by atoms with Crippen molar-refractivity contribution in [3.8, 4) is 10.8 Å². The van der Waals surface area contributed by atoms with E-state index in [9.17, 15) is 0 Å². The van der Waals surface area contributed by atoms with Crippen LogP contribution in [0.15, 0.2) is 29.0 Å². The molecule has 1 atom stereocenters. The topological polar surface area (TPSA) is 60.9 Å². The Morgan fingerprint density at radius 2 is 2.16 bits per heavy atom. The van der Waals surface area contributed by atoms with Gasteiger partial charge < -0.3 is 9.13 Å². The Bertz CT molecular complexity index is 887. The van der Waals surface area contributed by atoms with Crippen LogP contribution < -0.4 is 0 Å². The third-order valence-electron chi connectivity index (χ3n) is 4.69. The van der Waals surface area contributed by atoms with E-state index in [4.69, 9.17) is 9.98 Å². The molecule has 0 fully saturated rings. The highest BCUT2D eigenvalue weighted by Gasteiger charge is 2.24. The molecule has 1 aliphatic heterocycles. The Morgan fingerprint density at radius 1 is 1.28 bits per heavy atom. The number of nitrogens with zero attached hydrogens (tertiary/aromatic N) is 6. The summed E-state index contributed by atoms with van der Waals surface area (Å²) in [5, 5.41) is 2.91. The van der Waals surface area contributed by atoms with Gasteiger partial charge in [-0.3, -0.25) is 4.99 Å². The fourth-order valence-electron chi connectivity index (χ4n) is 3.28. The van der Waals surface area contributed by atoms with Gasteiger partial charge in [0.15, 0.2) is 10.8 Å². The summed E-state index contributed by atoms with van der Waals surface area (Å²) in [7, 11) is 0. The second-order valence-corrected chi connectivity index (χ2v) is 7.51. The first-order valence-corrected chi connectivity index (χ1v) is 9.57. The molecule has 3 aromatic rings. The molecule has 130 valence electrons. The molecule has 1 unspecified atom stereocenters. The van der Waals surface area contributed by atoms with Crippen LogP contribution >= 0.6 is 11.3 Å². The van der Waals surface area contributed by atoms with E-state index in [0.717, 1.165) is 35.3 Å². The summed E-state index contributed by atoms with van der Waals surface area (Å²) < 4.78 is 4.39. The van der Waals surface area contributed by atoms with E-state index >= 15 is 0 Å². The van der Waals surface area contributed by atoms with Crippen molar-refractivity contribution >= 4 is 17.6 Å². The highest BCUT2D eigenvalue weighted by atomic mass is 32.1. The molecular weight excluding hydrogens is 332 g/mol. The molecule has 0 aliphatic carbocycles. The molecule has 0 spiro atoms. The highest BCUT2D eigenvalue weighted by Crippen LogP contribution is 2.24. The van der Waals surface area contributed by atoms with Gasteiger partial charge in [0, 0.05) is 43.2 Å². The fraction of sp³-hybridized carbons (Fsp3) is 0.444. The smallest absolute Gasteiger partial charge is 0.169 e. The first-order valence-electron chi connectivity index (χ1n) is 8.69. The summed E-state index contributed by atoms with van der Waals surface area (Å²) in [6.45, 7) is 8.17. The van der Waals surface area contributed by atoms with Crippen LogP contribution in [0.4, 0.5) is 0 Å². The summed E-state index contributed by atoms with van der Waals surface area (Å²) in [5.41, 5.74) is 2.33. The lowest BCUT2D eigenvalue weighted by Crippen LogP contribution is -2.21. The first-order chi connectivity index (χ1) is 12.2. The van der Waals surface area contributed by atoms with Gasteiger partial charge in [0.1, 0.15) is 5.82 Å². The van der Waals surface area contributed by atoms with Gasteiger partial charge >= 0.3 is 0 Å². The van der Waals surface area contributed by atoms with Crippen molar-refractivity contribution in [2.75, 3.05) is 0 Å². The molecule has 0 saturated heterocycles. The average Bonchev–Trinajstić information content (AvgIpc) is 3.33. The van der Waals surface area contributed by atoms with Crippen molar-refractivity contribution in [2.24, 2.45) is 10.9 Å². The van der Waals surface area contributed by atoms with E-state index < -0.39 is 0 Å². The van der Waals surface area contributed by atoms with Crippen molar-refractivity contribution in [3.63, 3.8) is 0 Å². The van der Waals surface area contributed by atoms with E-state index in [-0.39, 0.29) is 0 Å². The van der Waals surface area contributed by atoms with Crippen LogP contribution in [0, 0.1) is 5.92 Å². The van der Waals surface area contributed by atoms with E-state index in [1.165, 1.54) is 5.69 Å². The molecule has 0 bridgehead atoms. The van der Waals surface area contributed by atoms with Gasteiger partial charge in [0.25, 0.3) is 0 Å². The van der Waals surface area contributed by atoms with Crippen molar-refractivity contribution in [1.29, 1.82) is 0 Å². The Morgan fingerprint density at radius 3 is 2.88 bits per heavy atom. The molecule has 0 amide bonds. The summed E-state index contributed by atoms with van der Waals surface area (Å²) >= 11 is 1.60. The molecule has 0 N–H and O–H groups in total. The molecule has 0 radical (unpaired) electrons. The Kier molecular flexibility index (Phi) is 4.25. The standard InChI is InChI=1S/C18H22N6S/c1-4-24-15-10-21-13(12(2)3)9-14(15)22-16(24)11-23-7-5-19-17(23)18-20-6-8-25-18/h5-8,10,12-13H,4,9,11H2,1-3H3. The van der Waals surface area contributed by atoms with E-state index in [1.54, 1.807) is 11.3 Å². The molecule has 0 aromatic carbocycles. The third kappa shape index (κ3) is 2.93. The minimum atomic E-state index is 0.333. The second kappa shape index (κ2) is 6.55. The number of rotatable bonds is 5. The monoisotopic (exact) mass is 354 g/mol. The minimum Gasteiger partial charge on any atom is -0.326 e. The zero-order valence-electron chi connectivity index (χ0n) is 14.8. The Labute approximate surface area is 151 Å². The number of imidazole rings is 2. The van der Waals surface area contributed by atoms with Crippen molar-refractivity contribution in [1.82, 2.24) is 24.1 Å². The summed E-state index contributed by atoms with van der Waals surface area (Å²) in [5.74, 6) is 2.48. The number of aliphatic imine (C=N–C) groups is 1. The maximum absolute atomic E-state index is 4.96. The van der Waals surface area contributed by atoms with Gasteiger partial charge in [-0.05, 0) is 12.8 Å². The Hall–Kier alpha value is -2.28. The summed E-state index contributed by atoms with van der Waals surface area (Å²) in [6, 6.07) is 0.333. The van der Waals surface area contributed by atoms with Gasteiger partial charge in [0.2, 0.25) is 0 Å². The maximum Gasteiger partial charge on any atom is 0.169 e. The van der Waals surface area contributed by atoms with Crippen molar-refractivity contribution in [2.45, 2.75) is 46.3 Å². The lowest BCUT2D eigenvalue weighted by atomic mass is 9.97. The fourth-order valence-corrected chi connectivity index (χ4v) is 3.93. The van der Waals surface area contributed by atoms with Gasteiger partial charge in [-0.1, -0.05) is 13.8 Å². The van der Waals surface area contributed by atoms with Crippen LogP contribution in [-0.4, -0.2) is 36.3 Å². The van der Waals surface area contributed by atoms with Crippen molar-refractivity contribution < 1.29 is 0 Å². The second-order valence-electron chi connectivity index (χ2n) is 6.61. The lowest BCUT2D eigenvalue weighted by Gasteiger charge is -2.19. The largest absolute Gasteiger partial charge is 0.326 e. The predicted molar refractivity (Wildman–Crippen MR) is 100 cm³/mol. The number of fused-ring (bicyclic) bond motifs is 1. The molecule has 7 heteroatoms. The molecule has 4 rings (SSSR count). The van der Waals surface area contributed by atoms with Crippen molar-refractivity contribution in [3.05, 3.63) is 41.2 Å². The molecule has 1 aliphatic rings. The molecule has 3 aromatic heterocycles. The summed E-state index contributed by atoms with van der Waals surface area (Å²) in [4.78, 5) is 18.6. The van der Waals surface area contributed by atoms with Gasteiger partial charge in [-0.25, -0.2) is 15.0 Å². The van der Waals surface area contributed by atoms with Crippen LogP contribution in [0.25, 0.3) is 10.8 Å². The SMILES string of the molecule is CCn1c(Cn2ccnc2-c2nccs2)nc2c1C=NC(C(C)C)C2.